The van der Waals surface area contributed by atoms with Gasteiger partial charge in [-0.05, 0) is 62.6 Å². The number of rotatable bonds is 7. The molecule has 2 N–H and O–H groups in total. The Bertz CT molecular complexity index is 1120. The summed E-state index contributed by atoms with van der Waals surface area (Å²) < 4.78 is 27.9. The third-order valence-corrected chi connectivity index (χ3v) is 7.50. The third kappa shape index (κ3) is 5.54. The van der Waals surface area contributed by atoms with Crippen LogP contribution in [0, 0.1) is 0 Å². The summed E-state index contributed by atoms with van der Waals surface area (Å²) in [6, 6.07) is 9.68. The maximum absolute atomic E-state index is 13.1. The highest BCUT2D eigenvalue weighted by molar-refractivity contribution is 7.92. The van der Waals surface area contributed by atoms with Crippen LogP contribution >= 0.6 is 23.2 Å². The number of amides is 2. The minimum atomic E-state index is -3.94. The first-order chi connectivity index (χ1) is 15.1. The molecule has 1 fully saturated rings. The smallest absolute Gasteiger partial charge is 0.261 e. The lowest BCUT2D eigenvalue weighted by Gasteiger charge is -2.25. The molecule has 1 heterocycles. The van der Waals surface area contributed by atoms with Crippen molar-refractivity contribution in [3.8, 4) is 0 Å². The van der Waals surface area contributed by atoms with Crippen LogP contribution < -0.4 is 10.0 Å². The summed E-state index contributed by atoms with van der Waals surface area (Å²) >= 11 is 11.8. The van der Waals surface area contributed by atoms with Gasteiger partial charge in [0, 0.05) is 23.8 Å². The quantitative estimate of drug-likeness (QED) is 0.595. The lowest BCUT2D eigenvalue weighted by molar-refractivity contribution is -0.125. The van der Waals surface area contributed by atoms with Gasteiger partial charge in [-0.2, -0.15) is 0 Å². The molecule has 0 radical (unpaired) electrons. The number of likely N-dealkylation sites (tertiary alicyclic amines) is 1. The molecule has 0 spiro atoms. The van der Waals surface area contributed by atoms with Crippen molar-refractivity contribution >= 4 is 50.7 Å². The Hall–Kier alpha value is -2.29. The van der Waals surface area contributed by atoms with Crippen molar-refractivity contribution in [2.45, 2.75) is 50.1 Å². The van der Waals surface area contributed by atoms with Crippen LogP contribution in [0.15, 0.2) is 47.4 Å². The Kier molecular flexibility index (Phi) is 7.69. The van der Waals surface area contributed by atoms with E-state index in [2.05, 4.69) is 10.0 Å². The average molecular weight is 498 g/mol. The summed E-state index contributed by atoms with van der Waals surface area (Å²) in [7, 11) is -3.94. The van der Waals surface area contributed by atoms with Crippen molar-refractivity contribution in [3.05, 3.63) is 58.1 Å². The number of halogens is 2. The van der Waals surface area contributed by atoms with Crippen LogP contribution in [-0.2, 0) is 14.8 Å². The van der Waals surface area contributed by atoms with Gasteiger partial charge >= 0.3 is 0 Å². The average Bonchev–Trinajstić information content (AvgIpc) is 3.25. The van der Waals surface area contributed by atoms with Crippen molar-refractivity contribution in [3.63, 3.8) is 0 Å². The van der Waals surface area contributed by atoms with Crippen LogP contribution in [0.1, 0.15) is 43.5 Å². The number of carbonyl (C=O) groups excluding carboxylic acids is 2. The Morgan fingerprint density at radius 3 is 2.59 bits per heavy atom. The number of anilines is 1. The van der Waals surface area contributed by atoms with E-state index in [-0.39, 0.29) is 38.5 Å². The molecule has 2 aromatic carbocycles. The van der Waals surface area contributed by atoms with Crippen LogP contribution in [0.5, 0.6) is 0 Å². The van der Waals surface area contributed by atoms with Gasteiger partial charge in [0.1, 0.15) is 6.04 Å². The first-order valence-electron chi connectivity index (χ1n) is 10.3. The van der Waals surface area contributed by atoms with Gasteiger partial charge in [-0.1, -0.05) is 36.2 Å². The molecule has 1 aliphatic heterocycles. The Morgan fingerprint density at radius 1 is 1.16 bits per heavy atom. The molecule has 10 heteroatoms. The topological polar surface area (TPSA) is 95.6 Å². The van der Waals surface area contributed by atoms with E-state index >= 15 is 0 Å². The molecule has 7 nitrogen and oxygen atoms in total. The SMILES string of the molecule is CCC(C)NC(=O)C1CCCN1C(=O)c1cccc(NS(=O)(=O)c2ccc(Cl)c(Cl)c2)c1. The zero-order valence-corrected chi connectivity index (χ0v) is 20.1. The largest absolute Gasteiger partial charge is 0.352 e. The van der Waals surface area contributed by atoms with Crippen LogP contribution in [0.2, 0.25) is 10.0 Å². The van der Waals surface area contributed by atoms with Crippen LogP contribution in [-0.4, -0.2) is 43.8 Å². The van der Waals surface area contributed by atoms with Crippen LogP contribution in [0.4, 0.5) is 5.69 Å². The predicted molar refractivity (Wildman–Crippen MR) is 126 cm³/mol. The summed E-state index contributed by atoms with van der Waals surface area (Å²) in [5.74, 6) is -0.482. The molecule has 32 heavy (non-hydrogen) atoms. The molecule has 1 saturated heterocycles. The fourth-order valence-electron chi connectivity index (χ4n) is 3.46. The number of sulfonamides is 1. The van der Waals surface area contributed by atoms with Gasteiger partial charge < -0.3 is 10.2 Å². The van der Waals surface area contributed by atoms with E-state index in [0.717, 1.165) is 12.8 Å². The Labute approximate surface area is 198 Å². The molecule has 2 unspecified atom stereocenters. The monoisotopic (exact) mass is 497 g/mol. The van der Waals surface area contributed by atoms with E-state index in [1.54, 1.807) is 23.1 Å². The van der Waals surface area contributed by atoms with E-state index in [9.17, 15) is 18.0 Å². The molecule has 2 atom stereocenters. The zero-order chi connectivity index (χ0) is 23.5. The highest BCUT2D eigenvalue weighted by Crippen LogP contribution is 2.27. The first kappa shape index (κ1) is 24.4. The molecule has 1 aliphatic rings. The number of hydrogen-bond donors (Lipinski definition) is 2. The number of carbonyl (C=O) groups is 2. The summed E-state index contributed by atoms with van der Waals surface area (Å²) in [6.45, 7) is 4.37. The van der Waals surface area contributed by atoms with Crippen molar-refractivity contribution < 1.29 is 18.0 Å². The molecular weight excluding hydrogens is 473 g/mol. The highest BCUT2D eigenvalue weighted by Gasteiger charge is 2.35. The van der Waals surface area contributed by atoms with Crippen molar-refractivity contribution in [1.29, 1.82) is 0 Å². The highest BCUT2D eigenvalue weighted by atomic mass is 35.5. The van der Waals surface area contributed by atoms with Crippen molar-refractivity contribution in [2.24, 2.45) is 0 Å². The van der Waals surface area contributed by atoms with Gasteiger partial charge in [0.05, 0.1) is 14.9 Å². The maximum Gasteiger partial charge on any atom is 0.261 e. The Morgan fingerprint density at radius 2 is 1.91 bits per heavy atom. The summed E-state index contributed by atoms with van der Waals surface area (Å²) in [5.41, 5.74) is 0.518. The van der Waals surface area contributed by atoms with Crippen LogP contribution in [0.3, 0.4) is 0 Å². The third-order valence-electron chi connectivity index (χ3n) is 5.38. The summed E-state index contributed by atoms with van der Waals surface area (Å²) in [5, 5.41) is 3.30. The van der Waals surface area contributed by atoms with Gasteiger partial charge in [0.2, 0.25) is 5.91 Å². The second-order valence-electron chi connectivity index (χ2n) is 7.74. The molecular formula is C22H25Cl2N3O4S. The van der Waals surface area contributed by atoms with Gasteiger partial charge in [0.25, 0.3) is 15.9 Å². The maximum atomic E-state index is 13.1. The summed E-state index contributed by atoms with van der Waals surface area (Å²) in [4.78, 5) is 27.2. The van der Waals surface area contributed by atoms with Crippen molar-refractivity contribution in [1.82, 2.24) is 10.2 Å². The minimum Gasteiger partial charge on any atom is -0.352 e. The molecule has 0 aromatic heterocycles. The molecule has 0 bridgehead atoms. The van der Waals surface area contributed by atoms with E-state index in [1.807, 2.05) is 13.8 Å². The lowest BCUT2D eigenvalue weighted by Crippen LogP contribution is -2.48. The zero-order valence-electron chi connectivity index (χ0n) is 17.8. The number of benzene rings is 2. The molecule has 172 valence electrons. The molecule has 2 amide bonds. The number of nitrogens with one attached hydrogen (secondary N) is 2. The lowest BCUT2D eigenvalue weighted by atomic mass is 10.1. The molecule has 0 aliphatic carbocycles. The van der Waals surface area contributed by atoms with Gasteiger partial charge in [-0.25, -0.2) is 8.42 Å². The molecule has 2 aromatic rings. The molecule has 0 saturated carbocycles. The van der Waals surface area contributed by atoms with Crippen LogP contribution in [0.25, 0.3) is 0 Å². The van der Waals surface area contributed by atoms with E-state index < -0.39 is 16.1 Å². The predicted octanol–water partition coefficient (Wildman–Crippen LogP) is 4.31. The standard InChI is InChI=1S/C22H25Cl2N3O4S/c1-3-14(2)25-21(28)20-8-5-11-27(20)22(29)15-6-4-7-16(12-15)26-32(30,31)17-9-10-18(23)19(24)13-17/h4,6-7,9-10,12-14,20,26H,3,5,8,11H2,1-2H3,(H,25,28). The second kappa shape index (κ2) is 10.1. The number of hydrogen-bond acceptors (Lipinski definition) is 4. The van der Waals surface area contributed by atoms with Crippen molar-refractivity contribution in [2.75, 3.05) is 11.3 Å². The fraction of sp³-hybridized carbons (Fsp3) is 0.364. The van der Waals surface area contributed by atoms with E-state index in [4.69, 9.17) is 23.2 Å². The van der Waals surface area contributed by atoms with Gasteiger partial charge in [0.15, 0.2) is 0 Å². The van der Waals surface area contributed by atoms with E-state index in [0.29, 0.717) is 18.5 Å². The normalized spacial score (nSPS) is 17.1. The number of nitrogens with zero attached hydrogens (tertiary/aromatic N) is 1. The first-order valence-corrected chi connectivity index (χ1v) is 12.6. The van der Waals surface area contributed by atoms with Gasteiger partial charge in [-0.3, -0.25) is 14.3 Å². The fourth-order valence-corrected chi connectivity index (χ4v) is 4.90. The second-order valence-corrected chi connectivity index (χ2v) is 10.2. The summed E-state index contributed by atoms with van der Waals surface area (Å²) in [6.07, 6.45) is 2.12. The Balaban J connectivity index is 1.78. The van der Waals surface area contributed by atoms with E-state index in [1.165, 1.54) is 24.3 Å². The van der Waals surface area contributed by atoms with Gasteiger partial charge in [-0.15, -0.1) is 0 Å². The molecule has 3 rings (SSSR count). The minimum absolute atomic E-state index is 0.0270.